The molecule has 0 bridgehead atoms. The van der Waals surface area contributed by atoms with Gasteiger partial charge in [0.25, 0.3) is 5.91 Å². The number of fused-ring (bicyclic) bond motifs is 2. The third-order valence-electron chi connectivity index (χ3n) is 5.14. The molecule has 0 radical (unpaired) electrons. The van der Waals surface area contributed by atoms with E-state index in [-0.39, 0.29) is 17.7 Å². The number of tetrazole rings is 1. The van der Waals surface area contributed by atoms with Crippen LogP contribution in [0, 0.1) is 0 Å². The van der Waals surface area contributed by atoms with E-state index in [4.69, 9.17) is 0 Å². The van der Waals surface area contributed by atoms with Gasteiger partial charge < -0.3 is 9.80 Å². The molecule has 2 amide bonds. The van der Waals surface area contributed by atoms with Gasteiger partial charge in [0.15, 0.2) is 11.5 Å². The summed E-state index contributed by atoms with van der Waals surface area (Å²) in [6.07, 6.45) is 3.33. The monoisotopic (exact) mass is 358 g/mol. The summed E-state index contributed by atoms with van der Waals surface area (Å²) in [7, 11) is 3.39. The molecule has 1 atom stereocenters. The number of hydrogen-bond acceptors (Lipinski definition) is 6. The number of aromatic nitrogens is 6. The van der Waals surface area contributed by atoms with E-state index < -0.39 is 0 Å². The summed E-state index contributed by atoms with van der Waals surface area (Å²) in [6, 6.07) is 0. The minimum atomic E-state index is -0.325. The first kappa shape index (κ1) is 16.7. The second kappa shape index (κ2) is 6.50. The van der Waals surface area contributed by atoms with Gasteiger partial charge in [0.05, 0.1) is 5.92 Å². The van der Waals surface area contributed by atoms with Crippen LogP contribution in [-0.4, -0.2) is 72.7 Å². The van der Waals surface area contributed by atoms with Crippen molar-refractivity contribution in [1.82, 2.24) is 40.2 Å². The van der Waals surface area contributed by atoms with Gasteiger partial charge in [0, 0.05) is 51.4 Å². The molecule has 0 spiro atoms. The van der Waals surface area contributed by atoms with Crippen LogP contribution in [-0.2, 0) is 24.3 Å². The summed E-state index contributed by atoms with van der Waals surface area (Å²) < 4.78 is 1.74. The molecule has 0 aliphatic carbocycles. The SMILES string of the molecule is CN(C)C(=O)c1n[nH]c2c1CN(C(=O)[C@H]1CCCCn3nnnc31)CC2. The number of carbonyl (C=O) groups is 2. The highest BCUT2D eigenvalue weighted by atomic mass is 16.2. The lowest BCUT2D eigenvalue weighted by molar-refractivity contribution is -0.134. The predicted octanol–water partition coefficient (Wildman–Crippen LogP) is -0.0496. The van der Waals surface area contributed by atoms with Gasteiger partial charge in [-0.2, -0.15) is 5.10 Å². The summed E-state index contributed by atoms with van der Waals surface area (Å²) in [5, 5.41) is 19.0. The summed E-state index contributed by atoms with van der Waals surface area (Å²) in [6.45, 7) is 1.73. The molecule has 26 heavy (non-hydrogen) atoms. The van der Waals surface area contributed by atoms with Crippen LogP contribution < -0.4 is 0 Å². The first-order valence-corrected chi connectivity index (χ1v) is 8.89. The Morgan fingerprint density at radius 3 is 2.88 bits per heavy atom. The van der Waals surface area contributed by atoms with E-state index in [0.717, 1.165) is 37.1 Å². The molecule has 2 aliphatic rings. The van der Waals surface area contributed by atoms with Gasteiger partial charge in [-0.15, -0.1) is 5.10 Å². The lowest BCUT2D eigenvalue weighted by Crippen LogP contribution is -2.40. The highest BCUT2D eigenvalue weighted by Crippen LogP contribution is 2.29. The Morgan fingerprint density at radius 2 is 2.08 bits per heavy atom. The summed E-state index contributed by atoms with van der Waals surface area (Å²) in [4.78, 5) is 28.8. The molecule has 2 aromatic heterocycles. The molecule has 1 N–H and O–H groups in total. The van der Waals surface area contributed by atoms with E-state index in [1.165, 1.54) is 4.90 Å². The fraction of sp³-hybridized carbons (Fsp3) is 0.625. The number of H-pyrrole nitrogens is 1. The van der Waals surface area contributed by atoms with Crippen molar-refractivity contribution in [3.8, 4) is 0 Å². The quantitative estimate of drug-likeness (QED) is 0.805. The molecule has 10 nitrogen and oxygen atoms in total. The number of aryl methyl sites for hydroxylation is 1. The van der Waals surface area contributed by atoms with Gasteiger partial charge in [-0.1, -0.05) is 6.42 Å². The normalized spacial score (nSPS) is 19.5. The average Bonchev–Trinajstić information content (AvgIpc) is 3.22. The number of amides is 2. The van der Waals surface area contributed by atoms with E-state index in [1.807, 2.05) is 0 Å². The Bertz CT molecular complexity index is 839. The molecule has 0 unspecified atom stereocenters. The summed E-state index contributed by atoms with van der Waals surface area (Å²) >= 11 is 0. The number of carbonyl (C=O) groups excluding carboxylic acids is 2. The van der Waals surface area contributed by atoms with Crippen molar-refractivity contribution < 1.29 is 9.59 Å². The van der Waals surface area contributed by atoms with E-state index in [2.05, 4.69) is 25.7 Å². The standard InChI is InChI=1S/C16H22N8O2/c1-22(2)16(26)13-11-9-23(8-6-12(11)17-18-13)15(25)10-5-3-4-7-24-14(10)19-20-21-24/h10H,3-9H2,1-2H3,(H,17,18)/t10-/m0/s1. The highest BCUT2D eigenvalue weighted by molar-refractivity contribution is 5.94. The van der Waals surface area contributed by atoms with E-state index in [9.17, 15) is 9.59 Å². The van der Waals surface area contributed by atoms with Crippen molar-refractivity contribution in [1.29, 1.82) is 0 Å². The van der Waals surface area contributed by atoms with Crippen LogP contribution in [0.1, 0.15) is 52.8 Å². The molecule has 10 heteroatoms. The maximum atomic E-state index is 13.2. The lowest BCUT2D eigenvalue weighted by Gasteiger charge is -2.30. The minimum Gasteiger partial charge on any atom is -0.343 e. The van der Waals surface area contributed by atoms with Gasteiger partial charge in [-0.05, 0) is 23.3 Å². The van der Waals surface area contributed by atoms with Crippen LogP contribution in [0.3, 0.4) is 0 Å². The second-order valence-electron chi connectivity index (χ2n) is 7.05. The molecule has 2 aromatic rings. The molecule has 2 aliphatic heterocycles. The molecule has 138 valence electrons. The number of rotatable bonds is 2. The number of nitrogens with one attached hydrogen (secondary N) is 1. The Labute approximate surface area is 150 Å². The van der Waals surface area contributed by atoms with Gasteiger partial charge >= 0.3 is 0 Å². The Hall–Kier alpha value is -2.78. The zero-order valence-corrected chi connectivity index (χ0v) is 15.0. The van der Waals surface area contributed by atoms with Crippen molar-refractivity contribution in [2.75, 3.05) is 20.6 Å². The molecule has 0 aromatic carbocycles. The zero-order valence-electron chi connectivity index (χ0n) is 15.0. The fourth-order valence-electron chi connectivity index (χ4n) is 3.69. The maximum Gasteiger partial charge on any atom is 0.274 e. The van der Waals surface area contributed by atoms with Gasteiger partial charge in [0.1, 0.15) is 0 Å². The zero-order chi connectivity index (χ0) is 18.3. The molecule has 0 saturated heterocycles. The molecule has 0 saturated carbocycles. The first-order chi connectivity index (χ1) is 12.6. The average molecular weight is 358 g/mol. The largest absolute Gasteiger partial charge is 0.343 e. The van der Waals surface area contributed by atoms with Crippen LogP contribution in [0.4, 0.5) is 0 Å². The number of aromatic amines is 1. The third kappa shape index (κ3) is 2.74. The minimum absolute atomic E-state index is 0.0260. The Balaban J connectivity index is 1.59. The summed E-state index contributed by atoms with van der Waals surface area (Å²) in [5.41, 5.74) is 2.15. The molecule has 4 heterocycles. The van der Waals surface area contributed by atoms with Gasteiger partial charge in [-0.25, -0.2) is 4.68 Å². The topological polar surface area (TPSA) is 113 Å². The van der Waals surface area contributed by atoms with Crippen molar-refractivity contribution in [2.45, 2.75) is 44.7 Å². The van der Waals surface area contributed by atoms with Gasteiger partial charge in [0.2, 0.25) is 5.91 Å². The van der Waals surface area contributed by atoms with Crippen LogP contribution in [0.25, 0.3) is 0 Å². The van der Waals surface area contributed by atoms with Crippen LogP contribution in [0.15, 0.2) is 0 Å². The number of nitrogens with zero attached hydrogens (tertiary/aromatic N) is 7. The highest BCUT2D eigenvalue weighted by Gasteiger charge is 2.35. The van der Waals surface area contributed by atoms with Crippen LogP contribution in [0.2, 0.25) is 0 Å². The van der Waals surface area contributed by atoms with Crippen molar-refractivity contribution >= 4 is 11.8 Å². The second-order valence-corrected chi connectivity index (χ2v) is 7.05. The van der Waals surface area contributed by atoms with E-state index in [0.29, 0.717) is 31.0 Å². The van der Waals surface area contributed by atoms with Crippen molar-refractivity contribution in [2.24, 2.45) is 0 Å². The van der Waals surface area contributed by atoms with E-state index in [1.54, 1.807) is 23.7 Å². The molecular weight excluding hydrogens is 336 g/mol. The van der Waals surface area contributed by atoms with Crippen molar-refractivity contribution in [3.63, 3.8) is 0 Å². The maximum absolute atomic E-state index is 13.2. The van der Waals surface area contributed by atoms with E-state index >= 15 is 0 Å². The van der Waals surface area contributed by atoms with Gasteiger partial charge in [-0.3, -0.25) is 14.7 Å². The van der Waals surface area contributed by atoms with Crippen LogP contribution in [0.5, 0.6) is 0 Å². The predicted molar refractivity (Wildman–Crippen MR) is 90.1 cm³/mol. The third-order valence-corrected chi connectivity index (χ3v) is 5.14. The lowest BCUT2D eigenvalue weighted by atomic mass is 9.98. The smallest absolute Gasteiger partial charge is 0.274 e. The van der Waals surface area contributed by atoms with Crippen molar-refractivity contribution in [3.05, 3.63) is 22.8 Å². The molecular formula is C16H22N8O2. The fourth-order valence-corrected chi connectivity index (χ4v) is 3.69. The Kier molecular flexibility index (Phi) is 4.17. The molecule has 0 fully saturated rings. The Morgan fingerprint density at radius 1 is 1.23 bits per heavy atom. The number of hydrogen-bond donors (Lipinski definition) is 1. The first-order valence-electron chi connectivity index (χ1n) is 8.89. The molecule has 4 rings (SSSR count). The van der Waals surface area contributed by atoms with Crippen LogP contribution >= 0.6 is 0 Å². The summed E-state index contributed by atoms with van der Waals surface area (Å²) in [5.74, 6) is 0.192.